The molecule has 2 aliphatic heterocycles. The molecule has 1 N–H and O–H groups in total. The van der Waals surface area contributed by atoms with Crippen molar-refractivity contribution in [3.63, 3.8) is 0 Å². The molecule has 2 atom stereocenters. The normalized spacial score (nSPS) is 19.6. The number of carbonyl (C=O) groups excluding carboxylic acids is 1. The van der Waals surface area contributed by atoms with Gasteiger partial charge in [0.1, 0.15) is 28.6 Å². The Morgan fingerprint density at radius 2 is 1.13 bits per heavy atom. The van der Waals surface area contributed by atoms with Crippen LogP contribution in [0.4, 0.5) is 0 Å². The van der Waals surface area contributed by atoms with Gasteiger partial charge in [-0.25, -0.2) is 0 Å². The van der Waals surface area contributed by atoms with Gasteiger partial charge >= 0.3 is 0 Å². The highest BCUT2D eigenvalue weighted by atomic mass is 16.7. The molecule has 0 unspecified atom stereocenters. The topological polar surface area (TPSA) is 111 Å². The fraction of sp³-hybridized carbons (Fsp3) is 0.649. The molecule has 266 valence electrons. The van der Waals surface area contributed by atoms with Gasteiger partial charge in [0, 0.05) is 25.3 Å². The van der Waals surface area contributed by atoms with Crippen molar-refractivity contribution in [3.8, 4) is 23.0 Å². The van der Waals surface area contributed by atoms with Crippen molar-refractivity contribution in [2.45, 2.75) is 99.7 Å². The highest BCUT2D eigenvalue weighted by molar-refractivity contribution is 5.66. The van der Waals surface area contributed by atoms with Crippen LogP contribution in [0.1, 0.15) is 78.6 Å². The van der Waals surface area contributed by atoms with Crippen LogP contribution in [-0.4, -0.2) is 83.4 Å². The molecular formula is C37H58O10. The number of ether oxygens (including phenoxy) is 8. The third-order valence-electron chi connectivity index (χ3n) is 9.10. The van der Waals surface area contributed by atoms with E-state index in [4.69, 9.17) is 37.9 Å². The second kappa shape index (κ2) is 18.0. The number of benzene rings is 2. The van der Waals surface area contributed by atoms with Crippen molar-refractivity contribution in [3.05, 3.63) is 44.5 Å². The van der Waals surface area contributed by atoms with Crippen LogP contribution in [0.5, 0.6) is 23.0 Å². The molecule has 2 heterocycles. The van der Waals surface area contributed by atoms with Crippen LogP contribution in [0.15, 0.2) is 0 Å². The lowest BCUT2D eigenvalue weighted by Gasteiger charge is -2.37. The minimum absolute atomic E-state index is 0. The first-order valence-corrected chi connectivity index (χ1v) is 16.0. The molecular weight excluding hydrogens is 604 g/mol. The molecule has 0 saturated heterocycles. The molecule has 0 aliphatic carbocycles. The van der Waals surface area contributed by atoms with Gasteiger partial charge in [-0.3, -0.25) is 4.79 Å². The van der Waals surface area contributed by atoms with Crippen LogP contribution >= 0.6 is 0 Å². The minimum atomic E-state index is -0.734. The number of hydrogen-bond acceptors (Lipinski definition) is 10. The summed E-state index contributed by atoms with van der Waals surface area (Å²) in [7, 11) is 3.28. The molecule has 10 heteroatoms. The van der Waals surface area contributed by atoms with Gasteiger partial charge in [0.2, 0.25) is 0 Å². The Balaban J connectivity index is 0.000000320. The Morgan fingerprint density at radius 3 is 1.55 bits per heavy atom. The van der Waals surface area contributed by atoms with E-state index in [1.807, 2.05) is 48.5 Å². The fourth-order valence-corrected chi connectivity index (χ4v) is 5.76. The number of rotatable bonds is 14. The van der Waals surface area contributed by atoms with E-state index in [1.165, 1.54) is 5.56 Å². The number of carbonyl (C=O) groups is 1. The van der Waals surface area contributed by atoms with Crippen molar-refractivity contribution in [1.82, 2.24) is 0 Å². The van der Waals surface area contributed by atoms with Gasteiger partial charge in [0.25, 0.3) is 0 Å². The maximum Gasteiger partial charge on any atom is 0.189 e. The Morgan fingerprint density at radius 1 is 0.681 bits per heavy atom. The highest BCUT2D eigenvalue weighted by Crippen LogP contribution is 2.44. The van der Waals surface area contributed by atoms with E-state index < -0.39 is 11.2 Å². The maximum atomic E-state index is 11.3. The fourth-order valence-electron chi connectivity index (χ4n) is 5.76. The van der Waals surface area contributed by atoms with Crippen molar-refractivity contribution in [2.75, 3.05) is 60.8 Å². The Kier molecular flexibility index (Phi) is 15.5. The largest absolute Gasteiger partial charge is 0.485 e. The first kappa shape index (κ1) is 40.3. The van der Waals surface area contributed by atoms with Crippen LogP contribution in [-0.2, 0) is 36.6 Å². The molecule has 4 rings (SSSR count). The van der Waals surface area contributed by atoms with Crippen LogP contribution in [0.3, 0.4) is 0 Å². The summed E-state index contributed by atoms with van der Waals surface area (Å²) in [5.74, 6) is 3.44. The first-order valence-electron chi connectivity index (χ1n) is 16.0. The van der Waals surface area contributed by atoms with Gasteiger partial charge in [-0.05, 0) is 114 Å². The van der Waals surface area contributed by atoms with Gasteiger partial charge in [0.05, 0.1) is 33.0 Å². The molecule has 0 amide bonds. The first-order chi connectivity index (χ1) is 21.9. The highest BCUT2D eigenvalue weighted by Gasteiger charge is 2.35. The number of fused-ring (bicyclic) bond motifs is 2. The van der Waals surface area contributed by atoms with Crippen LogP contribution in [0.2, 0.25) is 0 Å². The summed E-state index contributed by atoms with van der Waals surface area (Å²) in [6.45, 7) is 18.5. The molecule has 47 heavy (non-hydrogen) atoms. The van der Waals surface area contributed by atoms with E-state index in [1.54, 1.807) is 14.2 Å². The average Bonchev–Trinajstić information content (AvgIpc) is 3.05. The lowest BCUT2D eigenvalue weighted by atomic mass is 9.87. The Labute approximate surface area is 281 Å². The zero-order valence-corrected chi connectivity index (χ0v) is 29.5. The summed E-state index contributed by atoms with van der Waals surface area (Å²) in [5, 5.41) is 9.57. The SMILES string of the molecule is C.COCCOCOc1c(C)c(C)c2c(c1C)CC[C@](C)(C=O)O2.COCCOCOc1c(C)c(C)c2c(c1C)CC[C@](C)(CO)O2. The summed E-state index contributed by atoms with van der Waals surface area (Å²) in [4.78, 5) is 11.3. The number of aliphatic hydroxyl groups is 1. The Bertz CT molecular complexity index is 1340. The second-order valence-electron chi connectivity index (χ2n) is 12.6. The standard InChI is InChI=1S/C18H28O5.C18H26O5.CH4/c2*1-12-13(2)17-15(6-7-18(4,10-19)23-17)14(3)16(12)22-11-21-9-8-20-5;/h19H,6-11H2,1-5H3;10H,6-9,11H2,1-5H3;1H4/t2*18-;/m11./s1. The third-order valence-corrected chi connectivity index (χ3v) is 9.10. The van der Waals surface area contributed by atoms with E-state index in [0.717, 1.165) is 87.5 Å². The molecule has 10 nitrogen and oxygen atoms in total. The van der Waals surface area contributed by atoms with Crippen LogP contribution in [0, 0.1) is 41.5 Å². The summed E-state index contributed by atoms with van der Waals surface area (Å²) < 4.78 is 44.5. The summed E-state index contributed by atoms with van der Waals surface area (Å²) >= 11 is 0. The van der Waals surface area contributed by atoms with Crippen molar-refractivity contribution in [1.29, 1.82) is 0 Å². The monoisotopic (exact) mass is 662 g/mol. The van der Waals surface area contributed by atoms with Crippen molar-refractivity contribution in [2.24, 2.45) is 0 Å². The van der Waals surface area contributed by atoms with Gasteiger partial charge in [-0.15, -0.1) is 0 Å². The van der Waals surface area contributed by atoms with E-state index in [-0.39, 0.29) is 27.6 Å². The van der Waals surface area contributed by atoms with E-state index >= 15 is 0 Å². The number of aldehydes is 1. The van der Waals surface area contributed by atoms with Crippen molar-refractivity contribution >= 4 is 6.29 Å². The molecule has 0 spiro atoms. The van der Waals surface area contributed by atoms with Gasteiger partial charge in [-0.2, -0.15) is 0 Å². The Hall–Kier alpha value is -2.89. The molecule has 2 aromatic rings. The number of aliphatic hydroxyl groups excluding tert-OH is 1. The number of methoxy groups -OCH3 is 2. The molecule has 2 aromatic carbocycles. The predicted molar refractivity (Wildman–Crippen MR) is 183 cm³/mol. The molecule has 2 aliphatic rings. The van der Waals surface area contributed by atoms with E-state index in [0.29, 0.717) is 32.8 Å². The molecule has 0 radical (unpaired) electrons. The summed E-state index contributed by atoms with van der Waals surface area (Å²) in [6.07, 6.45) is 4.05. The summed E-state index contributed by atoms with van der Waals surface area (Å²) in [5.41, 5.74) is 7.38. The van der Waals surface area contributed by atoms with Gasteiger partial charge in [0.15, 0.2) is 25.5 Å². The van der Waals surface area contributed by atoms with Crippen molar-refractivity contribution < 1.29 is 47.8 Å². The molecule has 0 aromatic heterocycles. The van der Waals surface area contributed by atoms with Crippen LogP contribution in [0.25, 0.3) is 0 Å². The maximum absolute atomic E-state index is 11.3. The molecule has 0 bridgehead atoms. The third kappa shape index (κ3) is 9.60. The summed E-state index contributed by atoms with van der Waals surface area (Å²) in [6, 6.07) is 0. The smallest absolute Gasteiger partial charge is 0.189 e. The lowest BCUT2D eigenvalue weighted by molar-refractivity contribution is -0.121. The average molecular weight is 663 g/mol. The minimum Gasteiger partial charge on any atom is -0.485 e. The predicted octanol–water partition coefficient (Wildman–Crippen LogP) is 6.22. The molecule has 0 saturated carbocycles. The number of hydrogen-bond donors (Lipinski definition) is 1. The zero-order valence-electron chi connectivity index (χ0n) is 29.5. The van der Waals surface area contributed by atoms with Gasteiger partial charge in [-0.1, -0.05) is 7.43 Å². The van der Waals surface area contributed by atoms with Crippen LogP contribution < -0.4 is 18.9 Å². The van der Waals surface area contributed by atoms with Gasteiger partial charge < -0.3 is 43.0 Å². The zero-order chi connectivity index (χ0) is 34.1. The second-order valence-corrected chi connectivity index (χ2v) is 12.6. The van der Waals surface area contributed by atoms with E-state index in [2.05, 4.69) is 6.92 Å². The molecule has 0 fully saturated rings. The quantitative estimate of drug-likeness (QED) is 0.142. The lowest BCUT2D eigenvalue weighted by Crippen LogP contribution is -2.40. The van der Waals surface area contributed by atoms with E-state index in [9.17, 15) is 9.90 Å².